The maximum Gasteiger partial charge on any atom is 0.114 e. The average Bonchev–Trinajstić information content (AvgIpc) is 2.69. The maximum atomic E-state index is 4.79. The van der Waals surface area contributed by atoms with Gasteiger partial charge in [-0.3, -0.25) is 4.98 Å². The van der Waals surface area contributed by atoms with Crippen molar-refractivity contribution in [1.29, 1.82) is 0 Å². The molecule has 5 rings (SSSR count). The molecule has 0 saturated heterocycles. The van der Waals surface area contributed by atoms with Gasteiger partial charge in [-0.15, -0.1) is 0 Å². The lowest BCUT2D eigenvalue weighted by molar-refractivity contribution is 1.31. The molecule has 0 bridgehead atoms. The van der Waals surface area contributed by atoms with Gasteiger partial charge >= 0.3 is 0 Å². The maximum absolute atomic E-state index is 4.79. The summed E-state index contributed by atoms with van der Waals surface area (Å²) < 4.78 is 0. The Hall–Kier alpha value is -1.84. The Bertz CT molecular complexity index is 946. The lowest BCUT2D eigenvalue weighted by Crippen LogP contribution is -2.49. The van der Waals surface area contributed by atoms with Gasteiger partial charge in [0.05, 0.1) is 5.69 Å². The van der Waals surface area contributed by atoms with Crippen LogP contribution in [-0.4, -0.2) is 13.1 Å². The van der Waals surface area contributed by atoms with Crippen molar-refractivity contribution in [2.24, 2.45) is 0 Å². The van der Waals surface area contributed by atoms with Crippen molar-refractivity contribution < 1.29 is 0 Å². The Labute approximate surface area is 135 Å². The number of fused-ring (bicyclic) bond motifs is 2. The lowest BCUT2D eigenvalue weighted by Gasteiger charge is -2.19. The second-order valence-corrected chi connectivity index (χ2v) is 11.9. The summed E-state index contributed by atoms with van der Waals surface area (Å²) in [5.41, 5.74) is 5.31. The molecule has 106 valence electrons. The Morgan fingerprint density at radius 2 is 1.59 bits per heavy atom. The molecule has 0 fully saturated rings. The molecule has 2 aliphatic rings. The molecule has 0 spiro atoms. The van der Waals surface area contributed by atoms with Crippen molar-refractivity contribution in [3.05, 3.63) is 54.7 Å². The zero-order chi connectivity index (χ0) is 14.9. The van der Waals surface area contributed by atoms with Gasteiger partial charge in [0.2, 0.25) is 0 Å². The minimum atomic E-state index is -1.60. The van der Waals surface area contributed by atoms with Crippen molar-refractivity contribution in [2.75, 3.05) is 0 Å². The van der Waals surface area contributed by atoms with E-state index in [4.69, 9.17) is 4.98 Å². The highest BCUT2D eigenvalue weighted by Crippen LogP contribution is 2.48. The molecular formula is C19H15NSSi. The summed E-state index contributed by atoms with van der Waals surface area (Å²) in [6.07, 6.45) is 2.00. The molecule has 2 aromatic carbocycles. The Morgan fingerprint density at radius 3 is 2.50 bits per heavy atom. The van der Waals surface area contributed by atoms with Gasteiger partial charge in [-0.05, 0) is 34.1 Å². The average molecular weight is 317 g/mol. The van der Waals surface area contributed by atoms with E-state index in [-0.39, 0.29) is 0 Å². The van der Waals surface area contributed by atoms with Crippen LogP contribution in [0, 0.1) is 0 Å². The molecule has 3 heteroatoms. The molecule has 3 heterocycles. The summed E-state index contributed by atoms with van der Waals surface area (Å²) in [5, 5.41) is 3.10. The third-order valence-electron chi connectivity index (χ3n) is 4.94. The van der Waals surface area contributed by atoms with E-state index >= 15 is 0 Å². The largest absolute Gasteiger partial charge is 0.256 e. The first-order valence-electron chi connectivity index (χ1n) is 7.58. The summed E-state index contributed by atoms with van der Waals surface area (Å²) >= 11 is 1.89. The molecule has 0 radical (unpaired) electrons. The molecule has 0 aliphatic carbocycles. The van der Waals surface area contributed by atoms with Gasteiger partial charge < -0.3 is 0 Å². The Morgan fingerprint density at radius 1 is 0.818 bits per heavy atom. The van der Waals surface area contributed by atoms with Crippen LogP contribution in [0.5, 0.6) is 0 Å². The minimum Gasteiger partial charge on any atom is -0.256 e. The summed E-state index contributed by atoms with van der Waals surface area (Å²) in [5.74, 6) is 0. The highest BCUT2D eigenvalue weighted by molar-refractivity contribution is 7.99. The number of rotatable bonds is 0. The minimum absolute atomic E-state index is 1.17. The number of hydrogen-bond donors (Lipinski definition) is 0. The molecule has 2 aliphatic heterocycles. The molecule has 3 aromatic rings. The van der Waals surface area contributed by atoms with E-state index < -0.39 is 8.07 Å². The van der Waals surface area contributed by atoms with Gasteiger partial charge in [0.15, 0.2) is 0 Å². The smallest absolute Gasteiger partial charge is 0.114 e. The van der Waals surface area contributed by atoms with Crippen LogP contribution >= 0.6 is 11.8 Å². The molecule has 1 aromatic heterocycles. The molecule has 0 N–H and O–H groups in total. The zero-order valence-corrected chi connectivity index (χ0v) is 14.4. The monoisotopic (exact) mass is 317 g/mol. The van der Waals surface area contributed by atoms with Crippen molar-refractivity contribution in [1.82, 2.24) is 4.98 Å². The summed E-state index contributed by atoms with van der Waals surface area (Å²) in [6.45, 7) is 4.92. The van der Waals surface area contributed by atoms with Gasteiger partial charge in [-0.1, -0.05) is 55.2 Å². The number of hydrogen-bond acceptors (Lipinski definition) is 2. The number of pyridine rings is 1. The van der Waals surface area contributed by atoms with E-state index in [9.17, 15) is 0 Å². The van der Waals surface area contributed by atoms with Crippen LogP contribution in [0.3, 0.4) is 0 Å². The van der Waals surface area contributed by atoms with Gasteiger partial charge in [-0.2, -0.15) is 0 Å². The summed E-state index contributed by atoms with van der Waals surface area (Å²) in [6, 6.07) is 17.8. The molecule has 22 heavy (non-hydrogen) atoms. The standard InChI is InChI=1S/C19H15NSSi/c1-22(2)15-9-5-8-14-17(15)18-16(22)10-11-20-19(18)12-6-3-4-7-13(12)21-14/h3-11H,1-2H3. The van der Waals surface area contributed by atoms with Crippen LogP contribution in [0.1, 0.15) is 0 Å². The number of aromatic nitrogens is 1. The van der Waals surface area contributed by atoms with Crippen LogP contribution in [0.2, 0.25) is 13.1 Å². The predicted octanol–water partition coefficient (Wildman–Crippen LogP) is 4.02. The fourth-order valence-electron chi connectivity index (χ4n) is 3.85. The quantitative estimate of drug-likeness (QED) is 0.454. The van der Waals surface area contributed by atoms with Crippen molar-refractivity contribution in [3.63, 3.8) is 0 Å². The van der Waals surface area contributed by atoms with E-state index in [2.05, 4.69) is 61.6 Å². The summed E-state index contributed by atoms with van der Waals surface area (Å²) in [4.78, 5) is 7.48. The molecule has 1 nitrogen and oxygen atoms in total. The molecule has 0 atom stereocenters. The lowest BCUT2D eigenvalue weighted by atomic mass is 10.00. The first-order chi connectivity index (χ1) is 10.7. The topological polar surface area (TPSA) is 12.9 Å². The van der Waals surface area contributed by atoms with Crippen molar-refractivity contribution in [3.8, 4) is 22.4 Å². The molecule has 0 amide bonds. The highest BCUT2D eigenvalue weighted by atomic mass is 32.2. The second kappa shape index (κ2) is 4.12. The van der Waals surface area contributed by atoms with Crippen LogP contribution in [-0.2, 0) is 0 Å². The van der Waals surface area contributed by atoms with E-state index in [0.717, 1.165) is 0 Å². The van der Waals surface area contributed by atoms with Crippen LogP contribution in [0.4, 0.5) is 0 Å². The van der Waals surface area contributed by atoms with Gasteiger partial charge in [0.1, 0.15) is 8.07 Å². The normalized spacial score (nSPS) is 15.9. The van der Waals surface area contributed by atoms with Crippen molar-refractivity contribution in [2.45, 2.75) is 22.9 Å². The van der Waals surface area contributed by atoms with E-state index in [1.165, 1.54) is 37.4 Å². The van der Waals surface area contributed by atoms with E-state index in [1.807, 2.05) is 18.0 Å². The number of benzene rings is 2. The third-order valence-corrected chi connectivity index (χ3v) is 9.60. The van der Waals surface area contributed by atoms with Gasteiger partial charge in [0.25, 0.3) is 0 Å². The summed E-state index contributed by atoms with van der Waals surface area (Å²) in [7, 11) is -1.60. The Kier molecular flexibility index (Phi) is 2.37. The SMILES string of the molecule is C[Si]1(C)c2cccc3c2-c2c1ccnc2-c1ccccc1S3. The predicted molar refractivity (Wildman–Crippen MR) is 96.0 cm³/mol. The first kappa shape index (κ1) is 12.7. The Balaban J connectivity index is 2.02. The van der Waals surface area contributed by atoms with E-state index in [0.29, 0.717) is 0 Å². The van der Waals surface area contributed by atoms with E-state index in [1.54, 1.807) is 5.19 Å². The zero-order valence-electron chi connectivity index (χ0n) is 12.6. The van der Waals surface area contributed by atoms with Crippen LogP contribution < -0.4 is 10.4 Å². The molecule has 0 unspecified atom stereocenters. The van der Waals surface area contributed by atoms with Gasteiger partial charge in [0, 0.05) is 27.1 Å². The molecular weight excluding hydrogens is 302 g/mol. The fraction of sp³-hybridized carbons (Fsp3) is 0.105. The molecule has 0 saturated carbocycles. The van der Waals surface area contributed by atoms with Crippen molar-refractivity contribution >= 4 is 30.2 Å². The number of nitrogens with zero attached hydrogens (tertiary/aromatic N) is 1. The first-order valence-corrected chi connectivity index (χ1v) is 11.4. The van der Waals surface area contributed by atoms with Crippen LogP contribution in [0.15, 0.2) is 64.5 Å². The second-order valence-electron chi connectivity index (χ2n) is 6.48. The fourth-order valence-corrected chi connectivity index (χ4v) is 8.11. The highest BCUT2D eigenvalue weighted by Gasteiger charge is 2.41. The van der Waals surface area contributed by atoms with Crippen LogP contribution in [0.25, 0.3) is 22.4 Å². The van der Waals surface area contributed by atoms with Gasteiger partial charge in [-0.25, -0.2) is 0 Å². The third kappa shape index (κ3) is 1.43.